The molecular weight excluding hydrogens is 424 g/mol. The number of rotatable bonds is 8. The Morgan fingerprint density at radius 3 is 2.53 bits per heavy atom. The van der Waals surface area contributed by atoms with E-state index in [1.54, 1.807) is 0 Å². The van der Waals surface area contributed by atoms with Crippen LogP contribution in [-0.2, 0) is 9.59 Å². The molecular formula is C22H31F2N3O5. The van der Waals surface area contributed by atoms with E-state index in [-0.39, 0.29) is 17.9 Å². The zero-order valence-corrected chi connectivity index (χ0v) is 18.7. The molecule has 0 aromatic heterocycles. The number of unbranched alkanes of at least 4 members (excludes halogenated alkanes) is 1. The van der Waals surface area contributed by atoms with E-state index in [9.17, 15) is 33.4 Å². The Bertz CT molecular complexity index is 875. The third-order valence-electron chi connectivity index (χ3n) is 5.96. The molecule has 3 amide bonds. The van der Waals surface area contributed by atoms with Gasteiger partial charge in [-0.05, 0) is 25.5 Å². The van der Waals surface area contributed by atoms with Gasteiger partial charge in [-0.3, -0.25) is 14.4 Å². The molecule has 0 aliphatic carbocycles. The van der Waals surface area contributed by atoms with E-state index in [1.807, 2.05) is 6.92 Å². The SMILES string of the molecule is CCCCNC(=O)[C@H]1N(C(=O)[C@@H](O)CNC(=O)c2cccc(O)c2C)CC(F)(F)C1(C)C. The standard InChI is InChI=1S/C22H31F2N3O5/c1-5-6-10-25-19(31)17-21(3,4)22(23,24)12-27(17)20(32)16(29)11-26-18(30)14-8-7-9-15(28)13(14)2/h7-9,16-17,28-29H,5-6,10-12H2,1-4H3,(H,25,31)(H,26,30)/t16-,17+/m0/s1. The van der Waals surface area contributed by atoms with Gasteiger partial charge in [0.2, 0.25) is 5.91 Å². The lowest BCUT2D eigenvalue weighted by molar-refractivity contribution is -0.146. The minimum absolute atomic E-state index is 0.0901. The first-order valence-corrected chi connectivity index (χ1v) is 10.6. The molecule has 0 unspecified atom stereocenters. The van der Waals surface area contributed by atoms with Crippen LogP contribution < -0.4 is 10.6 Å². The van der Waals surface area contributed by atoms with Crippen LogP contribution in [0.5, 0.6) is 5.75 Å². The minimum Gasteiger partial charge on any atom is -0.508 e. The number of phenols is 1. The molecule has 4 N–H and O–H groups in total. The number of carbonyl (C=O) groups is 3. The van der Waals surface area contributed by atoms with Gasteiger partial charge >= 0.3 is 0 Å². The van der Waals surface area contributed by atoms with Gasteiger partial charge in [-0.15, -0.1) is 0 Å². The number of aliphatic hydroxyl groups excluding tert-OH is 1. The van der Waals surface area contributed by atoms with E-state index in [1.165, 1.54) is 39.0 Å². The summed E-state index contributed by atoms with van der Waals surface area (Å²) < 4.78 is 29.3. The molecule has 0 saturated carbocycles. The van der Waals surface area contributed by atoms with Crippen molar-refractivity contribution in [2.45, 2.75) is 58.6 Å². The molecule has 1 fully saturated rings. The largest absolute Gasteiger partial charge is 0.508 e. The smallest absolute Gasteiger partial charge is 0.272 e. The second-order valence-corrected chi connectivity index (χ2v) is 8.61. The lowest BCUT2D eigenvalue weighted by Crippen LogP contribution is -2.55. The first kappa shape index (κ1) is 25.5. The van der Waals surface area contributed by atoms with Crippen LogP contribution in [0.4, 0.5) is 8.78 Å². The summed E-state index contributed by atoms with van der Waals surface area (Å²) in [6.45, 7) is 4.60. The van der Waals surface area contributed by atoms with Crippen LogP contribution in [0.3, 0.4) is 0 Å². The number of nitrogens with zero attached hydrogens (tertiary/aromatic N) is 1. The van der Waals surface area contributed by atoms with Gasteiger partial charge in [-0.25, -0.2) is 8.78 Å². The van der Waals surface area contributed by atoms with Crippen molar-refractivity contribution in [1.29, 1.82) is 0 Å². The molecule has 0 bridgehead atoms. The van der Waals surface area contributed by atoms with E-state index in [4.69, 9.17) is 0 Å². The number of halogens is 2. The van der Waals surface area contributed by atoms with Gasteiger partial charge in [-0.2, -0.15) is 0 Å². The van der Waals surface area contributed by atoms with E-state index in [2.05, 4.69) is 10.6 Å². The molecule has 1 aliphatic rings. The Balaban J connectivity index is 2.13. The van der Waals surface area contributed by atoms with Crippen LogP contribution in [0.15, 0.2) is 18.2 Å². The van der Waals surface area contributed by atoms with Crippen LogP contribution in [0.1, 0.15) is 49.5 Å². The average molecular weight is 456 g/mol. The second kappa shape index (κ2) is 9.81. The van der Waals surface area contributed by atoms with E-state index >= 15 is 0 Å². The zero-order chi connectivity index (χ0) is 24.3. The van der Waals surface area contributed by atoms with Crippen molar-refractivity contribution in [2.24, 2.45) is 5.41 Å². The van der Waals surface area contributed by atoms with E-state index in [0.29, 0.717) is 16.9 Å². The third kappa shape index (κ3) is 5.01. The fourth-order valence-electron chi connectivity index (χ4n) is 3.69. The highest BCUT2D eigenvalue weighted by Gasteiger charge is 2.64. The number of amides is 3. The molecule has 2 rings (SSSR count). The molecule has 32 heavy (non-hydrogen) atoms. The molecule has 1 heterocycles. The summed E-state index contributed by atoms with van der Waals surface area (Å²) in [7, 11) is 0. The fraction of sp³-hybridized carbons (Fsp3) is 0.591. The van der Waals surface area contributed by atoms with Gasteiger partial charge in [0.05, 0.1) is 18.5 Å². The molecule has 2 atom stereocenters. The number of likely N-dealkylation sites (tertiary alicyclic amines) is 1. The number of aromatic hydroxyl groups is 1. The monoisotopic (exact) mass is 455 g/mol. The topological polar surface area (TPSA) is 119 Å². The van der Waals surface area contributed by atoms with Gasteiger partial charge in [0.25, 0.3) is 17.7 Å². The van der Waals surface area contributed by atoms with Gasteiger partial charge in [0, 0.05) is 17.7 Å². The van der Waals surface area contributed by atoms with Crippen LogP contribution in [-0.4, -0.2) is 70.5 Å². The third-order valence-corrected chi connectivity index (χ3v) is 5.96. The van der Waals surface area contributed by atoms with Crippen molar-refractivity contribution in [3.8, 4) is 5.75 Å². The maximum absolute atomic E-state index is 14.7. The average Bonchev–Trinajstić information content (AvgIpc) is 2.91. The second-order valence-electron chi connectivity index (χ2n) is 8.61. The molecule has 0 radical (unpaired) electrons. The predicted molar refractivity (Wildman–Crippen MR) is 113 cm³/mol. The van der Waals surface area contributed by atoms with Crippen LogP contribution in [0.25, 0.3) is 0 Å². The van der Waals surface area contributed by atoms with Crippen LogP contribution in [0, 0.1) is 12.3 Å². The summed E-state index contributed by atoms with van der Waals surface area (Å²) >= 11 is 0. The lowest BCUT2D eigenvalue weighted by atomic mass is 9.81. The molecule has 8 nitrogen and oxygen atoms in total. The van der Waals surface area contributed by atoms with E-state index < -0.39 is 54.3 Å². The number of benzene rings is 1. The zero-order valence-electron chi connectivity index (χ0n) is 18.7. The van der Waals surface area contributed by atoms with Crippen molar-refractivity contribution in [2.75, 3.05) is 19.6 Å². The summed E-state index contributed by atoms with van der Waals surface area (Å²) in [5.41, 5.74) is -1.39. The summed E-state index contributed by atoms with van der Waals surface area (Å²) in [5.74, 6) is -5.87. The van der Waals surface area contributed by atoms with Gasteiger partial charge in [-0.1, -0.05) is 33.3 Å². The molecule has 0 spiro atoms. The number of hydrogen-bond acceptors (Lipinski definition) is 5. The normalized spacial score (nSPS) is 20.0. The Morgan fingerprint density at radius 1 is 1.25 bits per heavy atom. The predicted octanol–water partition coefficient (Wildman–Crippen LogP) is 1.58. The van der Waals surface area contributed by atoms with Crippen molar-refractivity contribution in [3.05, 3.63) is 29.3 Å². The first-order valence-electron chi connectivity index (χ1n) is 10.6. The number of phenolic OH excluding ortho intramolecular Hbond substituents is 1. The molecule has 1 aromatic rings. The Labute approximate surface area is 186 Å². The quantitative estimate of drug-likeness (QED) is 0.444. The van der Waals surface area contributed by atoms with Gasteiger partial charge in [0.1, 0.15) is 17.9 Å². The highest BCUT2D eigenvalue weighted by atomic mass is 19.3. The van der Waals surface area contributed by atoms with E-state index in [0.717, 1.165) is 6.42 Å². The Morgan fingerprint density at radius 2 is 1.91 bits per heavy atom. The summed E-state index contributed by atoms with van der Waals surface area (Å²) in [4.78, 5) is 38.5. The summed E-state index contributed by atoms with van der Waals surface area (Å²) in [5, 5.41) is 25.0. The first-order chi connectivity index (χ1) is 14.8. The van der Waals surface area contributed by atoms with Crippen molar-refractivity contribution in [3.63, 3.8) is 0 Å². The maximum atomic E-state index is 14.7. The number of nitrogens with one attached hydrogen (secondary N) is 2. The van der Waals surface area contributed by atoms with Crippen molar-refractivity contribution < 1.29 is 33.4 Å². The van der Waals surface area contributed by atoms with Crippen LogP contribution in [0.2, 0.25) is 0 Å². The van der Waals surface area contributed by atoms with Gasteiger partial charge < -0.3 is 25.7 Å². The lowest BCUT2D eigenvalue weighted by Gasteiger charge is -2.33. The highest BCUT2D eigenvalue weighted by Crippen LogP contribution is 2.48. The Kier molecular flexibility index (Phi) is 7.82. The molecule has 10 heteroatoms. The molecule has 1 saturated heterocycles. The molecule has 178 valence electrons. The fourth-order valence-corrected chi connectivity index (χ4v) is 3.69. The number of aliphatic hydroxyl groups is 1. The highest BCUT2D eigenvalue weighted by molar-refractivity contribution is 5.97. The molecule has 1 aromatic carbocycles. The minimum atomic E-state index is -3.35. The molecule has 1 aliphatic heterocycles. The van der Waals surface area contributed by atoms with Gasteiger partial charge in [0.15, 0.2) is 0 Å². The van der Waals surface area contributed by atoms with Crippen molar-refractivity contribution >= 4 is 17.7 Å². The Hall–Kier alpha value is -2.75. The van der Waals surface area contributed by atoms with Crippen molar-refractivity contribution in [1.82, 2.24) is 15.5 Å². The summed E-state index contributed by atoms with van der Waals surface area (Å²) in [6.07, 6.45) is -0.372. The number of alkyl halides is 2. The number of hydrogen-bond donors (Lipinski definition) is 4. The summed E-state index contributed by atoms with van der Waals surface area (Å²) in [6, 6.07) is 2.86. The maximum Gasteiger partial charge on any atom is 0.272 e. The number of carbonyl (C=O) groups excluding carboxylic acids is 3. The van der Waals surface area contributed by atoms with Crippen LogP contribution >= 0.6 is 0 Å².